The van der Waals surface area contributed by atoms with Crippen LogP contribution in [0.3, 0.4) is 0 Å². The summed E-state index contributed by atoms with van der Waals surface area (Å²) in [5, 5.41) is 27.9. The summed E-state index contributed by atoms with van der Waals surface area (Å²) in [4.78, 5) is 110. The maximum absolute atomic E-state index is 15.0. The van der Waals surface area contributed by atoms with E-state index in [1.165, 1.54) is 51.2 Å². The highest BCUT2D eigenvalue weighted by Gasteiger charge is 2.36. The van der Waals surface area contributed by atoms with Gasteiger partial charge in [0.1, 0.15) is 47.4 Å². The van der Waals surface area contributed by atoms with E-state index in [-0.39, 0.29) is 72.1 Å². The molecule has 408 valence electrons. The molecule has 4 aromatic carbocycles. The van der Waals surface area contributed by atoms with Crippen molar-refractivity contribution in [1.82, 2.24) is 36.8 Å². The average Bonchev–Trinajstić information content (AvgIpc) is 3.34. The Hall–Kier alpha value is -7.71. The fourth-order valence-corrected chi connectivity index (χ4v) is 8.01. The average molecular weight is 1070 g/mol. The Morgan fingerprint density at radius 2 is 1.38 bits per heavy atom. The number of hydrogen-bond acceptors (Lipinski definition) is 13. The number of fused-ring (bicyclic) bond motifs is 5. The number of amides is 7. The van der Waals surface area contributed by atoms with Crippen LogP contribution >= 0.6 is 11.6 Å². The van der Waals surface area contributed by atoms with Gasteiger partial charge in [-0.25, -0.2) is 9.59 Å². The molecule has 21 heteroatoms. The van der Waals surface area contributed by atoms with Crippen molar-refractivity contribution in [3.63, 3.8) is 0 Å². The Labute approximate surface area is 447 Å². The number of benzene rings is 4. The first-order valence-electron chi connectivity index (χ1n) is 24.8. The summed E-state index contributed by atoms with van der Waals surface area (Å²) in [6.07, 6.45) is -2.57. The maximum Gasteiger partial charge on any atom is 0.407 e. The first kappa shape index (κ1) is 59.2. The highest BCUT2D eigenvalue weighted by Crippen LogP contribution is 2.40. The molecule has 5 rings (SSSR count). The van der Waals surface area contributed by atoms with Crippen LogP contribution in [-0.2, 0) is 39.9 Å². The maximum atomic E-state index is 15.0. The number of ether oxygens (including phenoxy) is 3. The predicted octanol–water partition coefficient (Wildman–Crippen LogP) is 5.81. The van der Waals surface area contributed by atoms with Crippen molar-refractivity contribution in [2.24, 2.45) is 5.73 Å². The van der Waals surface area contributed by atoms with Crippen molar-refractivity contribution in [1.29, 1.82) is 0 Å². The van der Waals surface area contributed by atoms with Gasteiger partial charge in [-0.15, -0.1) is 0 Å². The second-order valence-electron chi connectivity index (χ2n) is 20.4. The zero-order valence-electron chi connectivity index (χ0n) is 44.3. The number of likely N-dealkylation sites (N-methyl/N-ethyl adjacent to an activating group) is 1. The van der Waals surface area contributed by atoms with Gasteiger partial charge < -0.3 is 61.9 Å². The molecule has 0 saturated carbocycles. The first-order chi connectivity index (χ1) is 35.7. The molecule has 5 atom stereocenters. The van der Waals surface area contributed by atoms with Crippen molar-refractivity contribution < 1.29 is 57.7 Å². The summed E-state index contributed by atoms with van der Waals surface area (Å²) in [7, 11) is 1.34. The number of unbranched alkanes of at least 4 members (excludes halogenated alkanes) is 1. The number of aromatic hydroxyl groups is 1. The molecule has 0 fully saturated rings. The monoisotopic (exact) mass is 1070 g/mol. The molecule has 1 aliphatic rings. The van der Waals surface area contributed by atoms with Crippen molar-refractivity contribution in [3.8, 4) is 33.8 Å². The number of phenols is 1. The van der Waals surface area contributed by atoms with Crippen LogP contribution in [0.5, 0.6) is 11.5 Å². The van der Waals surface area contributed by atoms with Gasteiger partial charge in [-0.2, -0.15) is 0 Å². The number of nitrogens with two attached hydrogens (primary N) is 1. The molecule has 0 aromatic heterocycles. The summed E-state index contributed by atoms with van der Waals surface area (Å²) in [6.45, 7) is 13.2. The number of alkyl carbamates (subject to hydrolysis) is 2. The molecular formula is C55H69ClN8O12. The number of hydrogen-bond donors (Lipinski definition) is 8. The number of phenolic OH excluding ortho intramolecular Hbond substituents is 1. The van der Waals surface area contributed by atoms with Crippen LogP contribution in [0.4, 0.5) is 9.59 Å². The Kier molecular flexibility index (Phi) is 20.4. The highest BCUT2D eigenvalue weighted by atomic mass is 35.5. The number of Topliss-reactive ketones (excluding diaryl/α,β-unsaturated/α-hetero) is 1. The molecule has 0 spiro atoms. The topological polar surface area (TPSA) is 286 Å². The number of nitrogens with zero attached hydrogens (tertiary/aromatic N) is 1. The van der Waals surface area contributed by atoms with Gasteiger partial charge in [0.2, 0.25) is 17.7 Å². The van der Waals surface area contributed by atoms with Gasteiger partial charge in [0.05, 0.1) is 12.6 Å². The Bertz CT molecular complexity index is 2760. The lowest BCUT2D eigenvalue weighted by molar-refractivity contribution is -0.142. The van der Waals surface area contributed by atoms with E-state index in [1.54, 1.807) is 84.0 Å². The SMILES string of the molecule is CC(=O)[C@H](C)NC(=O)[C@@H]1Cc2ccc(O)c(c2)-c2cc(ccc2OCCNC(=O)OC(C)(C)C)[C@H](N(C)C(=O)[C@H](CCCCNC(=O)OC(C)(C)C)NC(=O)c2ccc(-c3ccc(Cl)cc3)cc2)C(=O)N[C@@H](N)C(=O)N1. The first-order valence-corrected chi connectivity index (χ1v) is 25.2. The molecule has 4 bridgehead atoms. The molecule has 4 aromatic rings. The van der Waals surface area contributed by atoms with E-state index < -0.39 is 83.3 Å². The lowest BCUT2D eigenvalue weighted by Crippen LogP contribution is -2.60. The lowest BCUT2D eigenvalue weighted by atomic mass is 9.93. The van der Waals surface area contributed by atoms with E-state index in [2.05, 4.69) is 31.9 Å². The van der Waals surface area contributed by atoms with Gasteiger partial charge in [0.25, 0.3) is 11.8 Å². The Balaban J connectivity index is 1.55. The van der Waals surface area contributed by atoms with Crippen LogP contribution < -0.4 is 42.4 Å². The zero-order valence-corrected chi connectivity index (χ0v) is 45.0. The smallest absolute Gasteiger partial charge is 0.407 e. The molecule has 76 heavy (non-hydrogen) atoms. The minimum absolute atomic E-state index is 0.00582. The summed E-state index contributed by atoms with van der Waals surface area (Å²) in [5.41, 5.74) is 7.70. The molecule has 20 nitrogen and oxygen atoms in total. The molecule has 9 N–H and O–H groups in total. The Morgan fingerprint density at radius 3 is 1.99 bits per heavy atom. The number of ketones is 1. The molecule has 0 radical (unpaired) electrons. The minimum atomic E-state index is -1.79. The van der Waals surface area contributed by atoms with E-state index in [9.17, 15) is 38.7 Å². The number of rotatable bonds is 17. The number of nitrogens with one attached hydrogen (secondary N) is 6. The molecular weight excluding hydrogens is 1000 g/mol. The summed E-state index contributed by atoms with van der Waals surface area (Å²) < 4.78 is 16.9. The Morgan fingerprint density at radius 1 is 0.776 bits per heavy atom. The minimum Gasteiger partial charge on any atom is -0.507 e. The molecule has 0 saturated heterocycles. The van der Waals surface area contributed by atoms with Gasteiger partial charge >= 0.3 is 12.2 Å². The van der Waals surface area contributed by atoms with Gasteiger partial charge in [0.15, 0.2) is 11.9 Å². The van der Waals surface area contributed by atoms with Gasteiger partial charge in [0, 0.05) is 41.7 Å². The van der Waals surface area contributed by atoms with Crippen molar-refractivity contribution in [2.75, 3.05) is 26.7 Å². The van der Waals surface area contributed by atoms with Crippen LogP contribution in [0.1, 0.15) is 102 Å². The van der Waals surface area contributed by atoms with Crippen LogP contribution in [-0.4, -0.2) is 120 Å². The third-order valence-corrected chi connectivity index (χ3v) is 12.1. The number of carbonyl (C=O) groups excluding carboxylic acids is 8. The largest absolute Gasteiger partial charge is 0.507 e. The van der Waals surface area contributed by atoms with Crippen molar-refractivity contribution in [2.45, 2.75) is 123 Å². The number of carbonyl (C=O) groups is 8. The van der Waals surface area contributed by atoms with Crippen molar-refractivity contribution in [3.05, 3.63) is 107 Å². The highest BCUT2D eigenvalue weighted by molar-refractivity contribution is 6.30. The molecule has 0 aliphatic carbocycles. The van der Waals surface area contributed by atoms with Gasteiger partial charge in [-0.3, -0.25) is 28.8 Å². The second kappa shape index (κ2) is 26.2. The van der Waals surface area contributed by atoms with Crippen LogP contribution in [0.15, 0.2) is 84.9 Å². The standard InChI is InChI=1S/C55H69ClN8O12/c1-31(32(2)65)60-48(68)42-29-33-13-23-43(66)39(28-33)40-30-37(20-24-44(40)74-27-26-59-53(73)76-55(6,7)8)45(49(69)63-46(57)50(70)62-42)64(9)51(71)41(12-10-11-25-58-52(72)75-54(3,4)5)61-47(67)36-16-14-34(15-17-36)35-18-21-38(56)22-19-35/h13-24,28,30-31,41-42,45-46,66H,10-12,25-27,29,57H2,1-9H3,(H,58,72)(H,59,73)(H,60,68)(H,61,67)(H,62,70)(H,63,69)/t31-,41-,42-,45-,46+/m0/s1. The molecule has 1 heterocycles. The quantitative estimate of drug-likeness (QED) is 0.0580. The zero-order chi connectivity index (χ0) is 56.1. The predicted molar refractivity (Wildman–Crippen MR) is 285 cm³/mol. The van der Waals surface area contributed by atoms with Crippen molar-refractivity contribution >= 4 is 59.1 Å². The fraction of sp³-hybridized carbons (Fsp3) is 0.418. The third-order valence-electron chi connectivity index (χ3n) is 11.8. The summed E-state index contributed by atoms with van der Waals surface area (Å²) in [6, 6.07) is 17.7. The second-order valence-corrected chi connectivity index (χ2v) is 20.8. The molecule has 1 aliphatic heterocycles. The van der Waals surface area contributed by atoms with E-state index in [1.807, 2.05) is 12.1 Å². The van der Waals surface area contributed by atoms with Crippen LogP contribution in [0.2, 0.25) is 5.02 Å². The third kappa shape index (κ3) is 17.4. The fourth-order valence-electron chi connectivity index (χ4n) is 7.89. The molecule has 7 amide bonds. The summed E-state index contributed by atoms with van der Waals surface area (Å²) >= 11 is 6.09. The normalized spacial score (nSPS) is 16.5. The van der Waals surface area contributed by atoms with E-state index in [4.69, 9.17) is 31.5 Å². The van der Waals surface area contributed by atoms with Crippen LogP contribution in [0, 0.1) is 0 Å². The van der Waals surface area contributed by atoms with E-state index in [0.29, 0.717) is 23.4 Å². The summed E-state index contributed by atoms with van der Waals surface area (Å²) in [5.74, 6) is -4.45. The lowest BCUT2D eigenvalue weighted by Gasteiger charge is -2.32. The van der Waals surface area contributed by atoms with E-state index in [0.717, 1.165) is 16.0 Å². The molecule has 0 unspecified atom stereocenters. The van der Waals surface area contributed by atoms with E-state index >= 15 is 4.79 Å². The van der Waals surface area contributed by atoms with Gasteiger partial charge in [-0.1, -0.05) is 48.0 Å². The number of halogens is 1. The van der Waals surface area contributed by atoms with Gasteiger partial charge in [-0.05, 0) is 145 Å². The van der Waals surface area contributed by atoms with Crippen LogP contribution in [0.25, 0.3) is 22.3 Å².